The van der Waals surface area contributed by atoms with Crippen molar-refractivity contribution in [3.63, 3.8) is 0 Å². The average molecular weight is 318 g/mol. The highest BCUT2D eigenvalue weighted by atomic mass is 35.5. The zero-order chi connectivity index (χ0) is 16.1. The van der Waals surface area contributed by atoms with E-state index in [2.05, 4.69) is 10.3 Å². The molecule has 1 amide bonds. The summed E-state index contributed by atoms with van der Waals surface area (Å²) < 4.78 is 0. The van der Waals surface area contributed by atoms with E-state index in [1.807, 2.05) is 50.2 Å². The van der Waals surface area contributed by atoms with Gasteiger partial charge in [-0.05, 0) is 36.8 Å². The molecule has 1 aromatic heterocycles. The average Bonchev–Trinajstić information content (AvgIpc) is 2.52. The molecule has 5 heteroatoms. The van der Waals surface area contributed by atoms with Gasteiger partial charge in [0.1, 0.15) is 0 Å². The number of hydrogen-bond donors (Lipinski definition) is 2. The van der Waals surface area contributed by atoms with Crippen molar-refractivity contribution in [2.24, 2.45) is 11.7 Å². The predicted octanol–water partition coefficient (Wildman–Crippen LogP) is 2.92. The molecule has 4 nitrogen and oxygen atoms in total. The molecule has 3 unspecified atom stereocenters. The summed E-state index contributed by atoms with van der Waals surface area (Å²) in [6.45, 7) is 3.63. The molecule has 0 radical (unpaired) electrons. The summed E-state index contributed by atoms with van der Waals surface area (Å²) in [5.41, 5.74) is 7.46. The SMILES string of the molecule is CC(N)C(C)C(=O)NC(c1cccc(Cl)c1)c1ccccn1. The standard InChI is InChI=1S/C17H20ClN3O/c1-11(12(2)19)17(22)21-16(15-8-3-4-9-20-15)13-6-5-7-14(18)10-13/h3-12,16H,19H2,1-2H3,(H,21,22). The van der Waals surface area contributed by atoms with Crippen LogP contribution >= 0.6 is 11.6 Å². The number of hydrogen-bond acceptors (Lipinski definition) is 3. The maximum Gasteiger partial charge on any atom is 0.225 e. The first-order valence-corrected chi connectivity index (χ1v) is 7.59. The molecule has 0 aliphatic carbocycles. The number of benzene rings is 1. The van der Waals surface area contributed by atoms with Gasteiger partial charge in [0.2, 0.25) is 5.91 Å². The van der Waals surface area contributed by atoms with Crippen LogP contribution < -0.4 is 11.1 Å². The van der Waals surface area contributed by atoms with Crippen LogP contribution in [-0.2, 0) is 4.79 Å². The molecule has 0 aliphatic rings. The van der Waals surface area contributed by atoms with Gasteiger partial charge in [-0.25, -0.2) is 0 Å². The lowest BCUT2D eigenvalue weighted by Gasteiger charge is -2.22. The van der Waals surface area contributed by atoms with Crippen LogP contribution in [0.4, 0.5) is 0 Å². The summed E-state index contributed by atoms with van der Waals surface area (Å²) in [6, 6.07) is 12.4. The topological polar surface area (TPSA) is 68.0 Å². The minimum Gasteiger partial charge on any atom is -0.343 e. The van der Waals surface area contributed by atoms with E-state index < -0.39 is 0 Å². The molecule has 0 saturated heterocycles. The lowest BCUT2D eigenvalue weighted by molar-refractivity contribution is -0.125. The van der Waals surface area contributed by atoms with Gasteiger partial charge < -0.3 is 11.1 Å². The van der Waals surface area contributed by atoms with E-state index in [-0.39, 0.29) is 23.9 Å². The van der Waals surface area contributed by atoms with Gasteiger partial charge in [-0.3, -0.25) is 9.78 Å². The molecule has 3 N–H and O–H groups in total. The summed E-state index contributed by atoms with van der Waals surface area (Å²) in [5, 5.41) is 3.64. The van der Waals surface area contributed by atoms with Crippen molar-refractivity contribution in [1.82, 2.24) is 10.3 Å². The Kier molecular flexibility index (Phi) is 5.52. The van der Waals surface area contributed by atoms with Crippen molar-refractivity contribution in [3.8, 4) is 0 Å². The molecule has 1 heterocycles. The molecule has 0 saturated carbocycles. The van der Waals surface area contributed by atoms with Crippen molar-refractivity contribution >= 4 is 17.5 Å². The van der Waals surface area contributed by atoms with E-state index >= 15 is 0 Å². The third-order valence-corrected chi connectivity index (χ3v) is 3.89. The van der Waals surface area contributed by atoms with Crippen LogP contribution in [0, 0.1) is 5.92 Å². The molecule has 0 fully saturated rings. The molecule has 0 spiro atoms. The van der Waals surface area contributed by atoms with Gasteiger partial charge in [0, 0.05) is 23.2 Å². The number of amides is 1. The van der Waals surface area contributed by atoms with Crippen LogP contribution in [0.5, 0.6) is 0 Å². The molecule has 0 bridgehead atoms. The number of carbonyl (C=O) groups is 1. The predicted molar refractivity (Wildman–Crippen MR) is 88.5 cm³/mol. The number of halogens is 1. The molecule has 2 aromatic rings. The van der Waals surface area contributed by atoms with Gasteiger partial charge >= 0.3 is 0 Å². The quantitative estimate of drug-likeness (QED) is 0.891. The summed E-state index contributed by atoms with van der Waals surface area (Å²) in [4.78, 5) is 16.7. The molecule has 3 atom stereocenters. The fourth-order valence-electron chi connectivity index (χ4n) is 2.07. The Bertz CT molecular complexity index is 631. The van der Waals surface area contributed by atoms with E-state index in [1.54, 1.807) is 12.3 Å². The fourth-order valence-corrected chi connectivity index (χ4v) is 2.27. The molecular weight excluding hydrogens is 298 g/mol. The highest BCUT2D eigenvalue weighted by Crippen LogP contribution is 2.23. The van der Waals surface area contributed by atoms with E-state index in [9.17, 15) is 4.79 Å². The zero-order valence-electron chi connectivity index (χ0n) is 12.7. The van der Waals surface area contributed by atoms with Crippen molar-refractivity contribution < 1.29 is 4.79 Å². The third-order valence-electron chi connectivity index (χ3n) is 3.65. The van der Waals surface area contributed by atoms with Gasteiger partial charge in [0.15, 0.2) is 0 Å². The molecular formula is C17H20ClN3O. The lowest BCUT2D eigenvalue weighted by Crippen LogP contribution is -2.40. The van der Waals surface area contributed by atoms with Gasteiger partial charge in [0.25, 0.3) is 0 Å². The van der Waals surface area contributed by atoms with E-state index in [0.29, 0.717) is 5.02 Å². The minimum absolute atomic E-state index is 0.106. The van der Waals surface area contributed by atoms with E-state index in [0.717, 1.165) is 11.3 Å². The smallest absolute Gasteiger partial charge is 0.225 e. The number of nitrogens with one attached hydrogen (secondary N) is 1. The minimum atomic E-state index is -0.353. The molecule has 22 heavy (non-hydrogen) atoms. The Balaban J connectivity index is 2.33. The Morgan fingerprint density at radius 1 is 1.23 bits per heavy atom. The van der Waals surface area contributed by atoms with Gasteiger partial charge in [-0.2, -0.15) is 0 Å². The number of carbonyl (C=O) groups excluding carboxylic acids is 1. The summed E-state index contributed by atoms with van der Waals surface area (Å²) in [7, 11) is 0. The first-order chi connectivity index (χ1) is 10.5. The maximum absolute atomic E-state index is 12.4. The number of pyridine rings is 1. The van der Waals surface area contributed by atoms with Crippen LogP contribution in [0.1, 0.15) is 31.1 Å². The second-order valence-corrected chi connectivity index (χ2v) is 5.84. The monoisotopic (exact) mass is 317 g/mol. The fraction of sp³-hybridized carbons (Fsp3) is 0.294. The summed E-state index contributed by atoms with van der Waals surface area (Å²) in [5.74, 6) is -0.393. The lowest BCUT2D eigenvalue weighted by atomic mass is 9.99. The Morgan fingerprint density at radius 3 is 2.59 bits per heavy atom. The van der Waals surface area contributed by atoms with Gasteiger partial charge in [-0.15, -0.1) is 0 Å². The molecule has 2 rings (SSSR count). The van der Waals surface area contributed by atoms with Crippen molar-refractivity contribution in [1.29, 1.82) is 0 Å². The van der Waals surface area contributed by atoms with Crippen LogP contribution in [0.3, 0.4) is 0 Å². The maximum atomic E-state index is 12.4. The largest absolute Gasteiger partial charge is 0.343 e. The van der Waals surface area contributed by atoms with Crippen molar-refractivity contribution in [2.45, 2.75) is 25.9 Å². The first-order valence-electron chi connectivity index (χ1n) is 7.21. The zero-order valence-corrected chi connectivity index (χ0v) is 13.4. The Hall–Kier alpha value is -1.91. The number of nitrogens with two attached hydrogens (primary N) is 1. The summed E-state index contributed by atoms with van der Waals surface area (Å²) in [6.07, 6.45) is 1.70. The van der Waals surface area contributed by atoms with Crippen LogP contribution in [0.15, 0.2) is 48.7 Å². The second-order valence-electron chi connectivity index (χ2n) is 5.40. The number of nitrogens with zero attached hydrogens (tertiary/aromatic N) is 1. The number of rotatable bonds is 5. The van der Waals surface area contributed by atoms with Crippen LogP contribution in [0.2, 0.25) is 5.02 Å². The van der Waals surface area contributed by atoms with E-state index in [1.165, 1.54) is 0 Å². The summed E-state index contributed by atoms with van der Waals surface area (Å²) >= 11 is 6.07. The number of aromatic nitrogens is 1. The van der Waals surface area contributed by atoms with Crippen molar-refractivity contribution in [2.75, 3.05) is 0 Å². The Morgan fingerprint density at radius 2 is 2.00 bits per heavy atom. The normalized spacial score (nSPS) is 14.9. The van der Waals surface area contributed by atoms with Gasteiger partial charge in [-0.1, -0.05) is 36.7 Å². The van der Waals surface area contributed by atoms with Crippen LogP contribution in [0.25, 0.3) is 0 Å². The second kappa shape index (κ2) is 7.38. The Labute approximate surface area is 135 Å². The van der Waals surface area contributed by atoms with Crippen molar-refractivity contribution in [3.05, 3.63) is 64.9 Å². The van der Waals surface area contributed by atoms with E-state index in [4.69, 9.17) is 17.3 Å². The molecule has 1 aromatic carbocycles. The third kappa shape index (κ3) is 4.06. The molecule has 0 aliphatic heterocycles. The molecule has 116 valence electrons. The highest BCUT2D eigenvalue weighted by molar-refractivity contribution is 6.30. The van der Waals surface area contributed by atoms with Crippen LogP contribution in [-0.4, -0.2) is 16.9 Å². The highest BCUT2D eigenvalue weighted by Gasteiger charge is 2.23. The first kappa shape index (κ1) is 16.5. The van der Waals surface area contributed by atoms with Gasteiger partial charge in [0.05, 0.1) is 11.7 Å².